The van der Waals surface area contributed by atoms with Crippen molar-refractivity contribution in [2.45, 2.75) is 19.3 Å². The molecule has 1 fully saturated rings. The van der Waals surface area contributed by atoms with Crippen LogP contribution in [0.25, 0.3) is 0 Å². The number of halogens is 1. The Labute approximate surface area is 106 Å². The summed E-state index contributed by atoms with van der Waals surface area (Å²) in [5, 5.41) is 11.3. The number of anilines is 1. The van der Waals surface area contributed by atoms with Crippen LogP contribution in [0, 0.1) is 11.3 Å². The highest BCUT2D eigenvalue weighted by Crippen LogP contribution is 2.34. The summed E-state index contributed by atoms with van der Waals surface area (Å²) in [4.78, 5) is 0. The van der Waals surface area contributed by atoms with E-state index >= 15 is 0 Å². The third kappa shape index (κ3) is 2.80. The Bertz CT molecular complexity index is 432. The van der Waals surface area contributed by atoms with Gasteiger partial charge in [-0.05, 0) is 37.1 Å². The van der Waals surface area contributed by atoms with Crippen molar-refractivity contribution >= 4 is 23.5 Å². The van der Waals surface area contributed by atoms with Crippen LogP contribution in [-0.4, -0.2) is 6.21 Å². The van der Waals surface area contributed by atoms with Gasteiger partial charge in [-0.25, -0.2) is 0 Å². The number of allylic oxidation sites excluding steroid dienone is 2. The van der Waals surface area contributed by atoms with Gasteiger partial charge in [0, 0.05) is 28.5 Å². The van der Waals surface area contributed by atoms with E-state index in [4.69, 9.17) is 22.7 Å². The normalized spacial score (nSPS) is 17.0. The van der Waals surface area contributed by atoms with Crippen molar-refractivity contribution in [1.29, 1.82) is 5.41 Å². The van der Waals surface area contributed by atoms with Crippen molar-refractivity contribution < 1.29 is 0 Å². The summed E-state index contributed by atoms with van der Waals surface area (Å²) in [6.07, 6.45) is 4.73. The number of hydrogen-bond donors (Lipinski definition) is 3. The molecule has 2 rings (SSSR count). The number of nitrogens with two attached hydrogens (primary N) is 1. The average Bonchev–Trinajstić information content (AvgIpc) is 2.27. The molecular formula is C13H16ClN3. The number of rotatable bonds is 4. The van der Waals surface area contributed by atoms with Crippen LogP contribution in [-0.2, 0) is 0 Å². The minimum atomic E-state index is 0.465. The van der Waals surface area contributed by atoms with Gasteiger partial charge in [0.1, 0.15) is 0 Å². The van der Waals surface area contributed by atoms with E-state index in [2.05, 4.69) is 5.32 Å². The maximum Gasteiger partial charge on any atom is 0.0691 e. The van der Waals surface area contributed by atoms with E-state index in [1.807, 2.05) is 24.3 Å². The van der Waals surface area contributed by atoms with Gasteiger partial charge in [-0.3, -0.25) is 0 Å². The highest BCUT2D eigenvalue weighted by Gasteiger charge is 2.23. The molecule has 0 bridgehead atoms. The smallest absolute Gasteiger partial charge is 0.0691 e. The zero-order valence-electron chi connectivity index (χ0n) is 9.54. The van der Waals surface area contributed by atoms with Gasteiger partial charge in [0.15, 0.2) is 0 Å². The summed E-state index contributed by atoms with van der Waals surface area (Å²) >= 11 is 5.84. The number of nitrogens with one attached hydrogen (secondary N) is 2. The van der Waals surface area contributed by atoms with Crippen molar-refractivity contribution in [3.63, 3.8) is 0 Å². The molecule has 1 aromatic rings. The highest BCUT2D eigenvalue weighted by molar-refractivity contribution is 6.30. The molecule has 0 amide bonds. The number of benzene rings is 1. The molecule has 90 valence electrons. The van der Waals surface area contributed by atoms with E-state index in [0.717, 1.165) is 24.2 Å². The second-order valence-electron chi connectivity index (χ2n) is 4.27. The SMILES string of the molecule is N=C/C(N)=C(\Nc1ccc(Cl)cc1)C1CCC1. The fraction of sp³-hybridized carbons (Fsp3) is 0.308. The van der Waals surface area contributed by atoms with Crippen LogP contribution < -0.4 is 11.1 Å². The first-order valence-electron chi connectivity index (χ1n) is 5.73. The predicted octanol–water partition coefficient (Wildman–Crippen LogP) is 3.37. The molecule has 0 radical (unpaired) electrons. The van der Waals surface area contributed by atoms with E-state index in [1.165, 1.54) is 12.6 Å². The molecule has 0 unspecified atom stereocenters. The molecule has 1 aliphatic carbocycles. The summed E-state index contributed by atoms with van der Waals surface area (Å²) in [7, 11) is 0. The van der Waals surface area contributed by atoms with Gasteiger partial charge < -0.3 is 16.5 Å². The first-order chi connectivity index (χ1) is 8.20. The van der Waals surface area contributed by atoms with Crippen molar-refractivity contribution in [2.75, 3.05) is 5.32 Å². The zero-order valence-corrected chi connectivity index (χ0v) is 10.3. The molecule has 0 aromatic heterocycles. The molecular weight excluding hydrogens is 234 g/mol. The van der Waals surface area contributed by atoms with Crippen molar-refractivity contribution in [3.8, 4) is 0 Å². The van der Waals surface area contributed by atoms with Crippen LogP contribution in [0.4, 0.5) is 5.69 Å². The van der Waals surface area contributed by atoms with Gasteiger partial charge >= 0.3 is 0 Å². The molecule has 0 saturated heterocycles. The molecule has 1 aromatic carbocycles. The maximum atomic E-state index is 7.26. The van der Waals surface area contributed by atoms with E-state index in [0.29, 0.717) is 16.6 Å². The quantitative estimate of drug-likeness (QED) is 0.717. The van der Waals surface area contributed by atoms with Gasteiger partial charge in [-0.15, -0.1) is 0 Å². The molecule has 17 heavy (non-hydrogen) atoms. The predicted molar refractivity (Wildman–Crippen MR) is 72.4 cm³/mol. The Kier molecular flexibility index (Phi) is 3.69. The molecule has 0 atom stereocenters. The minimum Gasteiger partial charge on any atom is -0.396 e. The summed E-state index contributed by atoms with van der Waals surface area (Å²) in [6.45, 7) is 0. The lowest BCUT2D eigenvalue weighted by molar-refractivity contribution is 0.368. The van der Waals surface area contributed by atoms with Gasteiger partial charge in [-0.2, -0.15) is 0 Å². The summed E-state index contributed by atoms with van der Waals surface area (Å²) in [5.74, 6) is 0.465. The third-order valence-electron chi connectivity index (χ3n) is 3.10. The molecule has 4 N–H and O–H groups in total. The lowest BCUT2D eigenvalue weighted by Crippen LogP contribution is -2.23. The van der Waals surface area contributed by atoms with E-state index in [-0.39, 0.29) is 0 Å². The van der Waals surface area contributed by atoms with Crippen molar-refractivity contribution in [3.05, 3.63) is 40.7 Å². The summed E-state index contributed by atoms with van der Waals surface area (Å²) in [6, 6.07) is 7.50. The largest absolute Gasteiger partial charge is 0.396 e. The molecule has 0 aliphatic heterocycles. The minimum absolute atomic E-state index is 0.465. The second-order valence-corrected chi connectivity index (χ2v) is 4.71. The first kappa shape index (κ1) is 12.0. The Morgan fingerprint density at radius 2 is 2.00 bits per heavy atom. The van der Waals surface area contributed by atoms with Crippen LogP contribution in [0.5, 0.6) is 0 Å². The fourth-order valence-electron chi connectivity index (χ4n) is 1.87. The monoisotopic (exact) mass is 249 g/mol. The Morgan fingerprint density at radius 1 is 1.35 bits per heavy atom. The first-order valence-corrected chi connectivity index (χ1v) is 6.11. The molecule has 1 aliphatic rings. The van der Waals surface area contributed by atoms with E-state index in [9.17, 15) is 0 Å². The number of hydrogen-bond acceptors (Lipinski definition) is 3. The average molecular weight is 250 g/mol. The molecule has 1 saturated carbocycles. The zero-order chi connectivity index (χ0) is 12.3. The van der Waals surface area contributed by atoms with Gasteiger partial charge in [0.25, 0.3) is 0 Å². The Hall–Kier alpha value is -1.48. The van der Waals surface area contributed by atoms with E-state index < -0.39 is 0 Å². The molecule has 4 heteroatoms. The standard InChI is InChI=1S/C13H16ClN3/c14-10-4-6-11(7-5-10)17-13(12(16)8-15)9-2-1-3-9/h4-9,15,17H,1-3,16H2/b13-12+,15-8?. The van der Waals surface area contributed by atoms with Gasteiger partial charge in [0.2, 0.25) is 0 Å². The molecule has 0 heterocycles. The Morgan fingerprint density at radius 3 is 2.47 bits per heavy atom. The van der Waals surface area contributed by atoms with Crippen LogP contribution in [0.15, 0.2) is 35.7 Å². The maximum absolute atomic E-state index is 7.26. The molecule has 0 spiro atoms. The Balaban J connectivity index is 2.17. The van der Waals surface area contributed by atoms with Crippen molar-refractivity contribution in [2.24, 2.45) is 11.7 Å². The lowest BCUT2D eigenvalue weighted by Gasteiger charge is -2.29. The fourth-order valence-corrected chi connectivity index (χ4v) is 2.00. The van der Waals surface area contributed by atoms with Crippen LogP contribution in [0.1, 0.15) is 19.3 Å². The van der Waals surface area contributed by atoms with Crippen molar-refractivity contribution in [1.82, 2.24) is 0 Å². The molecule has 3 nitrogen and oxygen atoms in total. The van der Waals surface area contributed by atoms with Crippen LogP contribution in [0.3, 0.4) is 0 Å². The van der Waals surface area contributed by atoms with Crippen LogP contribution >= 0.6 is 11.6 Å². The van der Waals surface area contributed by atoms with Crippen LogP contribution in [0.2, 0.25) is 5.02 Å². The van der Waals surface area contributed by atoms with Gasteiger partial charge in [-0.1, -0.05) is 18.0 Å². The van der Waals surface area contributed by atoms with E-state index in [1.54, 1.807) is 0 Å². The highest BCUT2D eigenvalue weighted by atomic mass is 35.5. The topological polar surface area (TPSA) is 61.9 Å². The summed E-state index contributed by atoms with van der Waals surface area (Å²) < 4.78 is 0. The summed E-state index contributed by atoms with van der Waals surface area (Å²) in [5.41, 5.74) is 8.30. The van der Waals surface area contributed by atoms with Gasteiger partial charge in [0.05, 0.1) is 5.70 Å². The lowest BCUT2D eigenvalue weighted by atomic mass is 9.82. The second kappa shape index (κ2) is 5.23. The third-order valence-corrected chi connectivity index (χ3v) is 3.36.